The van der Waals surface area contributed by atoms with Crippen molar-refractivity contribution in [1.82, 2.24) is 0 Å². The van der Waals surface area contributed by atoms with E-state index in [0.29, 0.717) is 12.1 Å². The molecular weight excluding hydrogens is 248 g/mol. The van der Waals surface area contributed by atoms with Crippen LogP contribution in [-0.4, -0.2) is 11.1 Å². The van der Waals surface area contributed by atoms with Crippen LogP contribution in [0.4, 0.5) is 11.4 Å². The number of thiophene rings is 1. The molecule has 0 amide bonds. The number of benzene rings is 1. The number of nitrogens with one attached hydrogen (secondary N) is 1. The first kappa shape index (κ1) is 12.4. The number of hydrogen-bond donors (Lipinski definition) is 3. The van der Waals surface area contributed by atoms with Crippen molar-refractivity contribution in [3.05, 3.63) is 45.6 Å². The molecule has 2 rings (SSSR count). The Morgan fingerprint density at radius 1 is 1.44 bits per heavy atom. The van der Waals surface area contributed by atoms with Crippen LogP contribution < -0.4 is 11.1 Å². The second-order valence-corrected chi connectivity index (χ2v) is 4.99. The van der Waals surface area contributed by atoms with Gasteiger partial charge in [-0.25, -0.2) is 4.79 Å². The summed E-state index contributed by atoms with van der Waals surface area (Å²) in [5.74, 6) is -0.910. The fourth-order valence-corrected chi connectivity index (χ4v) is 2.40. The lowest BCUT2D eigenvalue weighted by Crippen LogP contribution is -2.03. The van der Waals surface area contributed by atoms with Crippen LogP contribution in [0.2, 0.25) is 0 Å². The van der Waals surface area contributed by atoms with Gasteiger partial charge in [0.25, 0.3) is 0 Å². The van der Waals surface area contributed by atoms with Gasteiger partial charge in [-0.3, -0.25) is 0 Å². The van der Waals surface area contributed by atoms with Crippen LogP contribution in [0, 0.1) is 6.92 Å². The number of hydrogen-bond acceptors (Lipinski definition) is 4. The van der Waals surface area contributed by atoms with Crippen LogP contribution in [0.15, 0.2) is 29.6 Å². The number of nitrogen functional groups attached to an aromatic ring is 1. The average molecular weight is 262 g/mol. The lowest BCUT2D eigenvalue weighted by Gasteiger charge is -2.09. The summed E-state index contributed by atoms with van der Waals surface area (Å²) in [5.41, 5.74) is 8.71. The molecule has 0 spiro atoms. The van der Waals surface area contributed by atoms with Crippen LogP contribution in [-0.2, 0) is 6.54 Å². The van der Waals surface area contributed by atoms with Gasteiger partial charge in [-0.1, -0.05) is 0 Å². The molecule has 0 aliphatic heterocycles. The maximum Gasteiger partial charge on any atom is 0.335 e. The summed E-state index contributed by atoms with van der Waals surface area (Å²) in [4.78, 5) is 11.9. The Hall–Kier alpha value is -2.01. The molecule has 0 saturated carbocycles. The van der Waals surface area contributed by atoms with Gasteiger partial charge in [0.15, 0.2) is 0 Å². The summed E-state index contributed by atoms with van der Waals surface area (Å²) >= 11 is 1.60. The van der Waals surface area contributed by atoms with Crippen molar-refractivity contribution in [2.45, 2.75) is 13.5 Å². The molecule has 1 aromatic heterocycles. The van der Waals surface area contributed by atoms with Crippen molar-refractivity contribution in [3.63, 3.8) is 0 Å². The Morgan fingerprint density at radius 2 is 2.22 bits per heavy atom. The number of aryl methyl sites for hydroxylation is 1. The molecule has 5 heteroatoms. The molecule has 0 fully saturated rings. The Bertz CT molecular complexity index is 578. The van der Waals surface area contributed by atoms with E-state index >= 15 is 0 Å². The highest BCUT2D eigenvalue weighted by atomic mass is 32.1. The Labute approximate surface area is 109 Å². The number of carboxylic acids is 1. The number of carboxylic acid groups (broad SMARTS) is 1. The minimum absolute atomic E-state index is 0.300. The van der Waals surface area contributed by atoms with Gasteiger partial charge in [0, 0.05) is 16.3 Å². The van der Waals surface area contributed by atoms with Crippen LogP contribution >= 0.6 is 11.3 Å². The zero-order valence-electron chi connectivity index (χ0n) is 9.93. The first-order chi connectivity index (χ1) is 8.58. The minimum Gasteiger partial charge on any atom is -0.478 e. The summed E-state index contributed by atoms with van der Waals surface area (Å²) < 4.78 is 0. The second-order valence-electron chi connectivity index (χ2n) is 3.99. The van der Waals surface area contributed by atoms with E-state index in [4.69, 9.17) is 10.8 Å². The summed E-state index contributed by atoms with van der Waals surface area (Å²) in [6.07, 6.45) is 0. The molecule has 0 unspecified atom stereocenters. The SMILES string of the molecule is Cc1cc(C(=O)O)ccc1NCc1sccc1N. The van der Waals surface area contributed by atoms with Gasteiger partial charge in [0.05, 0.1) is 12.1 Å². The molecule has 0 aliphatic rings. The Kier molecular flexibility index (Phi) is 3.53. The molecule has 0 bridgehead atoms. The van der Waals surface area contributed by atoms with E-state index in [2.05, 4.69) is 5.32 Å². The molecule has 2 aromatic rings. The molecule has 1 aromatic carbocycles. The van der Waals surface area contributed by atoms with Crippen molar-refractivity contribution in [1.29, 1.82) is 0 Å². The smallest absolute Gasteiger partial charge is 0.335 e. The zero-order chi connectivity index (χ0) is 13.1. The summed E-state index contributed by atoms with van der Waals surface area (Å²) in [7, 11) is 0. The Morgan fingerprint density at radius 3 is 2.78 bits per heavy atom. The van der Waals surface area contributed by atoms with Gasteiger partial charge in [-0.05, 0) is 42.1 Å². The lowest BCUT2D eigenvalue weighted by molar-refractivity contribution is 0.0697. The average Bonchev–Trinajstić information content (AvgIpc) is 2.73. The molecule has 0 saturated heterocycles. The van der Waals surface area contributed by atoms with Crippen LogP contribution in [0.3, 0.4) is 0 Å². The largest absolute Gasteiger partial charge is 0.478 e. The van der Waals surface area contributed by atoms with E-state index in [0.717, 1.165) is 21.8 Å². The standard InChI is InChI=1S/C13H14N2O2S/c1-8-6-9(13(16)17)2-3-11(8)15-7-12-10(14)4-5-18-12/h2-6,15H,7,14H2,1H3,(H,16,17). The molecule has 0 atom stereocenters. The topological polar surface area (TPSA) is 75.3 Å². The van der Waals surface area contributed by atoms with Gasteiger partial charge in [-0.15, -0.1) is 11.3 Å². The van der Waals surface area contributed by atoms with Gasteiger partial charge in [-0.2, -0.15) is 0 Å². The number of aromatic carboxylic acids is 1. The van der Waals surface area contributed by atoms with Crippen molar-refractivity contribution in [2.75, 3.05) is 11.1 Å². The highest BCUT2D eigenvalue weighted by molar-refractivity contribution is 7.10. The number of nitrogens with two attached hydrogens (primary N) is 1. The number of anilines is 2. The molecule has 94 valence electrons. The van der Waals surface area contributed by atoms with Crippen LogP contribution in [0.5, 0.6) is 0 Å². The molecule has 18 heavy (non-hydrogen) atoms. The van der Waals surface area contributed by atoms with Crippen molar-refractivity contribution in [3.8, 4) is 0 Å². The highest BCUT2D eigenvalue weighted by Gasteiger charge is 2.06. The monoisotopic (exact) mass is 262 g/mol. The van der Waals surface area contributed by atoms with Gasteiger partial charge in [0.1, 0.15) is 0 Å². The molecule has 4 N–H and O–H groups in total. The normalized spacial score (nSPS) is 10.3. The third-order valence-electron chi connectivity index (χ3n) is 2.69. The predicted octanol–water partition coefficient (Wildman–Crippen LogP) is 2.95. The van der Waals surface area contributed by atoms with E-state index in [1.165, 1.54) is 0 Å². The summed E-state index contributed by atoms with van der Waals surface area (Å²) in [5, 5.41) is 14.1. The quantitative estimate of drug-likeness (QED) is 0.792. The fourth-order valence-electron chi connectivity index (χ4n) is 1.66. The van der Waals surface area contributed by atoms with E-state index in [-0.39, 0.29) is 0 Å². The lowest BCUT2D eigenvalue weighted by atomic mass is 10.1. The van der Waals surface area contributed by atoms with Crippen molar-refractivity contribution < 1.29 is 9.90 Å². The molecule has 1 heterocycles. The summed E-state index contributed by atoms with van der Waals surface area (Å²) in [6, 6.07) is 6.91. The zero-order valence-corrected chi connectivity index (χ0v) is 10.8. The highest BCUT2D eigenvalue weighted by Crippen LogP contribution is 2.22. The van der Waals surface area contributed by atoms with Gasteiger partial charge >= 0.3 is 5.97 Å². The minimum atomic E-state index is -0.910. The molecular formula is C13H14N2O2S. The third-order valence-corrected chi connectivity index (χ3v) is 3.63. The van der Waals surface area contributed by atoms with Crippen LogP contribution in [0.1, 0.15) is 20.8 Å². The van der Waals surface area contributed by atoms with Gasteiger partial charge < -0.3 is 16.2 Å². The first-order valence-electron chi connectivity index (χ1n) is 5.47. The Balaban J connectivity index is 2.11. The maximum atomic E-state index is 10.8. The van der Waals surface area contributed by atoms with Crippen LogP contribution in [0.25, 0.3) is 0 Å². The van der Waals surface area contributed by atoms with Gasteiger partial charge in [0.2, 0.25) is 0 Å². The van der Waals surface area contributed by atoms with Crippen molar-refractivity contribution in [2.24, 2.45) is 0 Å². The van der Waals surface area contributed by atoms with E-state index in [1.54, 1.807) is 29.5 Å². The van der Waals surface area contributed by atoms with E-state index < -0.39 is 5.97 Å². The van der Waals surface area contributed by atoms with E-state index in [1.807, 2.05) is 18.4 Å². The van der Waals surface area contributed by atoms with E-state index in [9.17, 15) is 4.79 Å². The molecule has 0 aliphatic carbocycles. The first-order valence-corrected chi connectivity index (χ1v) is 6.35. The molecule has 4 nitrogen and oxygen atoms in total. The predicted molar refractivity (Wildman–Crippen MR) is 74.2 cm³/mol. The third kappa shape index (κ3) is 2.62. The fraction of sp³-hybridized carbons (Fsp3) is 0.154. The second kappa shape index (κ2) is 5.10. The number of rotatable bonds is 4. The summed E-state index contributed by atoms with van der Waals surface area (Å²) in [6.45, 7) is 2.53. The maximum absolute atomic E-state index is 10.8. The van der Waals surface area contributed by atoms with Crippen molar-refractivity contribution >= 4 is 28.7 Å². The number of carbonyl (C=O) groups is 1. The molecule has 0 radical (unpaired) electrons.